The highest BCUT2D eigenvalue weighted by Gasteiger charge is 2.27. The van der Waals surface area contributed by atoms with Crippen LogP contribution in [0.25, 0.3) is 11.6 Å². The molecule has 0 aliphatic carbocycles. The van der Waals surface area contributed by atoms with Crippen LogP contribution < -0.4 is 4.74 Å². The minimum atomic E-state index is -0.752. The van der Waals surface area contributed by atoms with Gasteiger partial charge < -0.3 is 14.2 Å². The Morgan fingerprint density at radius 3 is 2.75 bits per heavy atom. The molecule has 1 saturated heterocycles. The lowest BCUT2D eigenvalue weighted by Gasteiger charge is -2.30. The lowest BCUT2D eigenvalue weighted by atomic mass is 9.96. The summed E-state index contributed by atoms with van der Waals surface area (Å²) in [4.78, 5) is 27.2. The summed E-state index contributed by atoms with van der Waals surface area (Å²) < 4.78 is 37.1. The van der Waals surface area contributed by atoms with Gasteiger partial charge in [0.2, 0.25) is 5.91 Å². The van der Waals surface area contributed by atoms with Crippen LogP contribution in [0.2, 0.25) is 0 Å². The topological polar surface area (TPSA) is 94.2 Å². The molecule has 0 unspecified atom stereocenters. The van der Waals surface area contributed by atoms with Gasteiger partial charge in [0, 0.05) is 37.7 Å². The third-order valence-corrected chi connectivity index (χ3v) is 5.34. The van der Waals surface area contributed by atoms with Crippen LogP contribution in [-0.4, -0.2) is 50.6 Å². The summed E-state index contributed by atoms with van der Waals surface area (Å²) in [7, 11) is 0. The third-order valence-electron chi connectivity index (χ3n) is 5.34. The van der Waals surface area contributed by atoms with Crippen LogP contribution >= 0.6 is 0 Å². The fourth-order valence-electron chi connectivity index (χ4n) is 3.55. The van der Waals surface area contributed by atoms with Crippen molar-refractivity contribution in [2.24, 2.45) is 0 Å². The van der Waals surface area contributed by atoms with Gasteiger partial charge in [0.25, 0.3) is 5.89 Å². The number of likely N-dealkylation sites (tertiary alicyclic amines) is 1. The minimum absolute atomic E-state index is 0.0178. The van der Waals surface area contributed by atoms with Crippen LogP contribution in [0.15, 0.2) is 35.1 Å². The van der Waals surface area contributed by atoms with Gasteiger partial charge in [0.05, 0.1) is 18.5 Å². The van der Waals surface area contributed by atoms with Crippen molar-refractivity contribution >= 4 is 5.91 Å². The molecule has 4 rings (SSSR count). The Balaban J connectivity index is 1.21. The summed E-state index contributed by atoms with van der Waals surface area (Å²) in [5.74, 6) is -0.342. The number of halogens is 2. The maximum atomic E-state index is 13.6. The first-order valence-corrected chi connectivity index (χ1v) is 10.5. The van der Waals surface area contributed by atoms with Gasteiger partial charge in [-0.05, 0) is 38.3 Å². The number of carbonyl (C=O) groups is 1. The van der Waals surface area contributed by atoms with Crippen LogP contribution in [-0.2, 0) is 4.79 Å². The lowest BCUT2D eigenvalue weighted by Crippen LogP contribution is -2.38. The number of carbonyl (C=O) groups excluding carboxylic acids is 1. The average Bonchev–Trinajstić information content (AvgIpc) is 3.28. The largest absolute Gasteiger partial charge is 0.491 e. The Morgan fingerprint density at radius 1 is 1.22 bits per heavy atom. The van der Waals surface area contributed by atoms with Crippen molar-refractivity contribution in [3.05, 3.63) is 53.7 Å². The van der Waals surface area contributed by atoms with Crippen molar-refractivity contribution in [2.75, 3.05) is 19.7 Å². The second kappa shape index (κ2) is 9.80. The summed E-state index contributed by atoms with van der Waals surface area (Å²) in [6, 6.07) is 3.14. The average molecular weight is 443 g/mol. The molecule has 1 aliphatic heterocycles. The van der Waals surface area contributed by atoms with Gasteiger partial charge in [-0.1, -0.05) is 5.16 Å². The van der Waals surface area contributed by atoms with Crippen LogP contribution in [0.1, 0.15) is 43.1 Å². The van der Waals surface area contributed by atoms with Gasteiger partial charge in [0.15, 0.2) is 17.4 Å². The highest BCUT2D eigenvalue weighted by atomic mass is 19.1. The van der Waals surface area contributed by atoms with Crippen LogP contribution in [0, 0.1) is 18.6 Å². The first kappa shape index (κ1) is 21.8. The molecule has 1 fully saturated rings. The monoisotopic (exact) mass is 443 g/mol. The Hall–Kier alpha value is -3.43. The zero-order chi connectivity index (χ0) is 22.5. The second-order valence-electron chi connectivity index (χ2n) is 7.68. The molecule has 0 radical (unpaired) electrons. The molecule has 0 saturated carbocycles. The van der Waals surface area contributed by atoms with Crippen LogP contribution in [0.3, 0.4) is 0 Å². The van der Waals surface area contributed by atoms with Crippen molar-refractivity contribution in [1.82, 2.24) is 25.0 Å². The molecule has 1 aromatic carbocycles. The van der Waals surface area contributed by atoms with Gasteiger partial charge in [-0.25, -0.2) is 13.8 Å². The summed E-state index contributed by atoms with van der Waals surface area (Å²) >= 11 is 0. The van der Waals surface area contributed by atoms with Gasteiger partial charge >= 0.3 is 0 Å². The number of amides is 1. The van der Waals surface area contributed by atoms with Crippen LogP contribution in [0.4, 0.5) is 8.78 Å². The standard InChI is InChI=1S/C22H23F2N5O3/c1-14-12-26-18(13-25-14)22-27-21(28-32-22)15-6-8-29(9-7-15)20(30)3-2-10-31-19-5-4-16(23)11-17(19)24/h4-5,11-13,15H,2-3,6-10H2,1H3. The highest BCUT2D eigenvalue weighted by Crippen LogP contribution is 2.28. The second-order valence-corrected chi connectivity index (χ2v) is 7.68. The Bertz CT molecular complexity index is 1070. The Labute approximate surface area is 183 Å². The summed E-state index contributed by atoms with van der Waals surface area (Å²) in [5, 5.41) is 4.08. The number of benzene rings is 1. The van der Waals surface area contributed by atoms with E-state index in [1.807, 2.05) is 6.92 Å². The minimum Gasteiger partial charge on any atom is -0.491 e. The van der Waals surface area contributed by atoms with E-state index < -0.39 is 11.6 Å². The van der Waals surface area contributed by atoms with E-state index in [1.54, 1.807) is 17.3 Å². The van der Waals surface area contributed by atoms with E-state index in [4.69, 9.17) is 9.26 Å². The number of rotatable bonds is 7. The van der Waals surface area contributed by atoms with E-state index in [0.717, 1.165) is 30.7 Å². The fraction of sp³-hybridized carbons (Fsp3) is 0.409. The fourth-order valence-corrected chi connectivity index (χ4v) is 3.55. The number of hydrogen-bond donors (Lipinski definition) is 0. The van der Waals surface area contributed by atoms with E-state index >= 15 is 0 Å². The summed E-state index contributed by atoms with van der Waals surface area (Å²) in [6.45, 7) is 3.23. The van der Waals surface area contributed by atoms with Gasteiger partial charge in [-0.15, -0.1) is 0 Å². The van der Waals surface area contributed by atoms with Crippen molar-refractivity contribution < 1.29 is 22.8 Å². The molecule has 3 aromatic rings. The number of aromatic nitrogens is 4. The first-order valence-electron chi connectivity index (χ1n) is 10.5. The first-order chi connectivity index (χ1) is 15.5. The third kappa shape index (κ3) is 5.24. The molecule has 8 nitrogen and oxygen atoms in total. The molecule has 1 aliphatic rings. The molecule has 0 bridgehead atoms. The summed E-state index contributed by atoms with van der Waals surface area (Å²) in [5.41, 5.74) is 1.34. The summed E-state index contributed by atoms with van der Waals surface area (Å²) in [6.07, 6.45) is 5.46. The highest BCUT2D eigenvalue weighted by molar-refractivity contribution is 5.76. The number of piperidine rings is 1. The van der Waals surface area contributed by atoms with Gasteiger partial charge in [-0.2, -0.15) is 4.98 Å². The van der Waals surface area contributed by atoms with E-state index in [9.17, 15) is 13.6 Å². The Kier molecular flexibility index (Phi) is 6.67. The molecule has 168 valence electrons. The van der Waals surface area contributed by atoms with Crippen molar-refractivity contribution in [3.63, 3.8) is 0 Å². The molecule has 0 atom stereocenters. The maximum Gasteiger partial charge on any atom is 0.278 e. The predicted octanol–water partition coefficient (Wildman–Crippen LogP) is 3.68. The molecule has 3 heterocycles. The van der Waals surface area contributed by atoms with Crippen molar-refractivity contribution in [3.8, 4) is 17.3 Å². The lowest BCUT2D eigenvalue weighted by molar-refractivity contribution is -0.132. The van der Waals surface area contributed by atoms with E-state index in [2.05, 4.69) is 20.1 Å². The molecule has 1 amide bonds. The number of aryl methyl sites for hydroxylation is 1. The Morgan fingerprint density at radius 2 is 2.03 bits per heavy atom. The van der Waals surface area contributed by atoms with Crippen LogP contribution in [0.5, 0.6) is 5.75 Å². The molecule has 32 heavy (non-hydrogen) atoms. The normalized spacial score (nSPS) is 14.5. The molecule has 0 spiro atoms. The maximum absolute atomic E-state index is 13.6. The molecular weight excluding hydrogens is 420 g/mol. The van der Waals surface area contributed by atoms with E-state index in [-0.39, 0.29) is 24.2 Å². The molecule has 10 heteroatoms. The molecule has 0 N–H and O–H groups in total. The SMILES string of the molecule is Cc1cnc(-c2nc(C3CCN(C(=O)CCCOc4ccc(F)cc4F)CC3)no2)cn1. The van der Waals surface area contributed by atoms with Crippen molar-refractivity contribution in [1.29, 1.82) is 0 Å². The molecule has 2 aromatic heterocycles. The quantitative estimate of drug-likeness (QED) is 0.514. The number of ether oxygens (including phenoxy) is 1. The van der Waals surface area contributed by atoms with E-state index in [1.165, 1.54) is 6.07 Å². The zero-order valence-corrected chi connectivity index (χ0v) is 17.6. The van der Waals surface area contributed by atoms with E-state index in [0.29, 0.717) is 43.3 Å². The van der Waals surface area contributed by atoms with Gasteiger partial charge in [-0.3, -0.25) is 9.78 Å². The van der Waals surface area contributed by atoms with Crippen molar-refractivity contribution in [2.45, 2.75) is 38.5 Å². The number of hydrogen-bond acceptors (Lipinski definition) is 7. The predicted molar refractivity (Wildman–Crippen MR) is 110 cm³/mol. The number of nitrogens with zero attached hydrogens (tertiary/aromatic N) is 5. The molecular formula is C22H23F2N5O3. The smallest absolute Gasteiger partial charge is 0.278 e. The zero-order valence-electron chi connectivity index (χ0n) is 17.6. The van der Waals surface area contributed by atoms with Gasteiger partial charge in [0.1, 0.15) is 11.5 Å².